The van der Waals surface area contributed by atoms with Crippen molar-refractivity contribution >= 4 is 17.1 Å². The van der Waals surface area contributed by atoms with Crippen LogP contribution in [0.1, 0.15) is 11.3 Å². The van der Waals surface area contributed by atoms with Crippen LogP contribution in [0.3, 0.4) is 0 Å². The molecular formula is C12H12N4O. The second-order valence-electron chi connectivity index (χ2n) is 3.86. The number of aryl methyl sites for hydroxylation is 1. The Morgan fingerprint density at radius 3 is 3.00 bits per heavy atom. The maximum Gasteiger partial charge on any atom is 0.295 e. The van der Waals surface area contributed by atoms with Gasteiger partial charge in [-0.15, -0.1) is 0 Å². The van der Waals surface area contributed by atoms with Crippen molar-refractivity contribution in [2.75, 3.05) is 5.32 Å². The number of H-pyrrole nitrogens is 1. The molecule has 0 fully saturated rings. The molecule has 3 aromatic rings. The Balaban J connectivity index is 1.79. The molecule has 2 aromatic heterocycles. The first-order valence-electron chi connectivity index (χ1n) is 5.41. The largest absolute Gasteiger partial charge is 0.424 e. The van der Waals surface area contributed by atoms with Gasteiger partial charge in [0.25, 0.3) is 6.01 Å². The van der Waals surface area contributed by atoms with Crippen LogP contribution in [-0.4, -0.2) is 15.2 Å². The lowest BCUT2D eigenvalue weighted by Gasteiger charge is -1.99. The predicted molar refractivity (Wildman–Crippen MR) is 64.7 cm³/mol. The summed E-state index contributed by atoms with van der Waals surface area (Å²) < 4.78 is 5.55. The van der Waals surface area contributed by atoms with Gasteiger partial charge in [-0.1, -0.05) is 12.1 Å². The standard InChI is InChI=1S/C12H12N4O/c1-8-9(7-14-16-8)6-13-12-15-10-4-2-3-5-11(10)17-12/h2-5,7H,6H2,1H3,(H,13,15)(H,14,16). The number of para-hydroxylation sites is 2. The van der Waals surface area contributed by atoms with E-state index in [1.54, 1.807) is 6.20 Å². The van der Waals surface area contributed by atoms with E-state index in [0.717, 1.165) is 22.4 Å². The Kier molecular flexibility index (Phi) is 2.29. The summed E-state index contributed by atoms with van der Waals surface area (Å²) in [6.07, 6.45) is 1.80. The molecule has 86 valence electrons. The molecule has 5 nitrogen and oxygen atoms in total. The van der Waals surface area contributed by atoms with Gasteiger partial charge in [-0.3, -0.25) is 5.10 Å². The number of benzene rings is 1. The van der Waals surface area contributed by atoms with Crippen LogP contribution in [0.2, 0.25) is 0 Å². The summed E-state index contributed by atoms with van der Waals surface area (Å²) in [6.45, 7) is 2.63. The number of oxazole rings is 1. The molecule has 0 radical (unpaired) electrons. The predicted octanol–water partition coefficient (Wildman–Crippen LogP) is 2.47. The number of nitrogens with zero attached hydrogens (tertiary/aromatic N) is 2. The Morgan fingerprint density at radius 1 is 1.35 bits per heavy atom. The van der Waals surface area contributed by atoms with Gasteiger partial charge in [0.15, 0.2) is 5.58 Å². The first kappa shape index (κ1) is 9.89. The summed E-state index contributed by atoms with van der Waals surface area (Å²) in [6, 6.07) is 8.22. The Hall–Kier alpha value is -2.30. The fraction of sp³-hybridized carbons (Fsp3) is 0.167. The lowest BCUT2D eigenvalue weighted by molar-refractivity contribution is 0.614. The summed E-state index contributed by atoms with van der Waals surface area (Å²) in [7, 11) is 0. The van der Waals surface area contributed by atoms with E-state index in [1.165, 1.54) is 0 Å². The van der Waals surface area contributed by atoms with Crippen LogP contribution >= 0.6 is 0 Å². The van der Waals surface area contributed by atoms with Gasteiger partial charge in [0.05, 0.1) is 6.20 Å². The quantitative estimate of drug-likeness (QED) is 0.722. The number of rotatable bonds is 3. The highest BCUT2D eigenvalue weighted by molar-refractivity contribution is 5.74. The van der Waals surface area contributed by atoms with E-state index in [4.69, 9.17) is 4.42 Å². The van der Waals surface area contributed by atoms with Crippen LogP contribution in [0.5, 0.6) is 0 Å². The van der Waals surface area contributed by atoms with Crippen molar-refractivity contribution in [3.8, 4) is 0 Å². The second-order valence-corrected chi connectivity index (χ2v) is 3.86. The molecule has 17 heavy (non-hydrogen) atoms. The number of fused-ring (bicyclic) bond motifs is 1. The molecule has 3 rings (SSSR count). The molecule has 0 unspecified atom stereocenters. The van der Waals surface area contributed by atoms with E-state index in [-0.39, 0.29) is 0 Å². The van der Waals surface area contributed by atoms with Crippen molar-refractivity contribution in [2.24, 2.45) is 0 Å². The minimum atomic E-state index is 0.534. The van der Waals surface area contributed by atoms with Crippen molar-refractivity contribution in [1.82, 2.24) is 15.2 Å². The molecule has 1 aromatic carbocycles. The summed E-state index contributed by atoms with van der Waals surface area (Å²) in [5.41, 5.74) is 3.80. The lowest BCUT2D eigenvalue weighted by Crippen LogP contribution is -1.99. The Morgan fingerprint density at radius 2 is 2.24 bits per heavy atom. The number of aromatic nitrogens is 3. The van der Waals surface area contributed by atoms with Gasteiger partial charge in [0.2, 0.25) is 0 Å². The van der Waals surface area contributed by atoms with Crippen LogP contribution in [0.25, 0.3) is 11.1 Å². The molecule has 0 aliphatic rings. The molecule has 0 aliphatic heterocycles. The molecule has 2 N–H and O–H groups in total. The third-order valence-electron chi connectivity index (χ3n) is 2.66. The number of aromatic amines is 1. The lowest BCUT2D eigenvalue weighted by atomic mass is 10.3. The van der Waals surface area contributed by atoms with Crippen molar-refractivity contribution in [3.05, 3.63) is 41.7 Å². The maximum absolute atomic E-state index is 5.55. The van der Waals surface area contributed by atoms with Gasteiger partial charge in [-0.05, 0) is 19.1 Å². The van der Waals surface area contributed by atoms with E-state index in [9.17, 15) is 0 Å². The topological polar surface area (TPSA) is 66.7 Å². The molecule has 0 spiro atoms. The molecular weight excluding hydrogens is 216 g/mol. The molecule has 0 aliphatic carbocycles. The van der Waals surface area contributed by atoms with Gasteiger partial charge < -0.3 is 9.73 Å². The average Bonchev–Trinajstić information content (AvgIpc) is 2.92. The fourth-order valence-corrected chi connectivity index (χ4v) is 1.67. The van der Waals surface area contributed by atoms with Crippen LogP contribution < -0.4 is 5.32 Å². The highest BCUT2D eigenvalue weighted by atomic mass is 16.4. The maximum atomic E-state index is 5.55. The minimum Gasteiger partial charge on any atom is -0.424 e. The number of hydrogen-bond donors (Lipinski definition) is 2. The number of hydrogen-bond acceptors (Lipinski definition) is 4. The van der Waals surface area contributed by atoms with E-state index >= 15 is 0 Å². The van der Waals surface area contributed by atoms with Gasteiger partial charge >= 0.3 is 0 Å². The zero-order valence-corrected chi connectivity index (χ0v) is 9.40. The Labute approximate surface area is 97.9 Å². The fourth-order valence-electron chi connectivity index (χ4n) is 1.67. The van der Waals surface area contributed by atoms with Crippen LogP contribution in [-0.2, 0) is 6.54 Å². The van der Waals surface area contributed by atoms with E-state index in [0.29, 0.717) is 12.6 Å². The third-order valence-corrected chi connectivity index (χ3v) is 2.66. The van der Waals surface area contributed by atoms with Crippen molar-refractivity contribution in [3.63, 3.8) is 0 Å². The summed E-state index contributed by atoms with van der Waals surface area (Å²) in [4.78, 5) is 4.33. The molecule has 0 amide bonds. The summed E-state index contributed by atoms with van der Waals surface area (Å²) >= 11 is 0. The van der Waals surface area contributed by atoms with Crippen LogP contribution in [0.15, 0.2) is 34.9 Å². The van der Waals surface area contributed by atoms with Crippen molar-refractivity contribution < 1.29 is 4.42 Å². The molecule has 0 bridgehead atoms. The van der Waals surface area contributed by atoms with Gasteiger partial charge in [0, 0.05) is 17.8 Å². The average molecular weight is 228 g/mol. The zero-order valence-electron chi connectivity index (χ0n) is 9.40. The van der Waals surface area contributed by atoms with Crippen LogP contribution in [0, 0.1) is 6.92 Å². The highest BCUT2D eigenvalue weighted by Gasteiger charge is 2.05. The normalized spacial score (nSPS) is 10.9. The minimum absolute atomic E-state index is 0.534. The first-order chi connectivity index (χ1) is 8.33. The van der Waals surface area contributed by atoms with Crippen LogP contribution in [0.4, 0.5) is 6.01 Å². The van der Waals surface area contributed by atoms with Gasteiger partial charge in [-0.2, -0.15) is 10.1 Å². The SMILES string of the molecule is Cc1[nH]ncc1CNc1nc2ccccc2o1. The number of anilines is 1. The monoisotopic (exact) mass is 228 g/mol. The van der Waals surface area contributed by atoms with Gasteiger partial charge in [-0.25, -0.2) is 0 Å². The van der Waals surface area contributed by atoms with E-state index in [2.05, 4.69) is 20.5 Å². The van der Waals surface area contributed by atoms with Crippen molar-refractivity contribution in [2.45, 2.75) is 13.5 Å². The summed E-state index contributed by atoms with van der Waals surface area (Å²) in [5, 5.41) is 9.99. The summed E-state index contributed by atoms with van der Waals surface area (Å²) in [5.74, 6) is 0. The molecule has 0 saturated carbocycles. The first-order valence-corrected chi connectivity index (χ1v) is 5.41. The molecule has 5 heteroatoms. The second kappa shape index (κ2) is 3.93. The third kappa shape index (κ3) is 1.87. The smallest absolute Gasteiger partial charge is 0.295 e. The highest BCUT2D eigenvalue weighted by Crippen LogP contribution is 2.18. The Bertz CT molecular complexity index is 608. The van der Waals surface area contributed by atoms with E-state index < -0.39 is 0 Å². The zero-order chi connectivity index (χ0) is 11.7. The number of nitrogens with one attached hydrogen (secondary N) is 2. The van der Waals surface area contributed by atoms with Crippen molar-refractivity contribution in [1.29, 1.82) is 0 Å². The van der Waals surface area contributed by atoms with Gasteiger partial charge in [0.1, 0.15) is 5.52 Å². The molecule has 2 heterocycles. The van der Waals surface area contributed by atoms with E-state index in [1.807, 2.05) is 31.2 Å². The molecule has 0 saturated heterocycles. The molecule has 0 atom stereocenters.